The Morgan fingerprint density at radius 3 is 2.82 bits per heavy atom. The number of nitrogens with zero attached hydrogens (tertiary/aromatic N) is 3. The molecule has 0 unspecified atom stereocenters. The molecule has 3 rings (SSSR count). The van der Waals surface area contributed by atoms with E-state index in [1.54, 1.807) is 18.4 Å². The smallest absolute Gasteiger partial charge is 0.242 e. The Hall–Kier alpha value is -2.54. The Labute approximate surface area is 170 Å². The Bertz CT molecular complexity index is 816. The van der Waals surface area contributed by atoms with E-state index in [4.69, 9.17) is 4.74 Å². The SMILES string of the molecule is CCOc1ccc(CN(C)C(=NC)NCC(=O)N2CCc3sccc3C2)cc1. The van der Waals surface area contributed by atoms with Gasteiger partial charge in [-0.2, -0.15) is 0 Å². The van der Waals surface area contributed by atoms with Crippen LogP contribution in [0.15, 0.2) is 40.7 Å². The first-order chi connectivity index (χ1) is 13.6. The van der Waals surface area contributed by atoms with Crippen LogP contribution in [0.3, 0.4) is 0 Å². The first-order valence-electron chi connectivity index (χ1n) is 9.57. The van der Waals surface area contributed by atoms with E-state index in [0.717, 1.165) is 24.3 Å². The van der Waals surface area contributed by atoms with Gasteiger partial charge in [-0.25, -0.2) is 0 Å². The lowest BCUT2D eigenvalue weighted by Gasteiger charge is -2.28. The van der Waals surface area contributed by atoms with E-state index >= 15 is 0 Å². The van der Waals surface area contributed by atoms with Gasteiger partial charge in [0, 0.05) is 38.6 Å². The number of nitrogens with one attached hydrogen (secondary N) is 1. The van der Waals surface area contributed by atoms with Gasteiger partial charge >= 0.3 is 0 Å². The van der Waals surface area contributed by atoms with Crippen molar-refractivity contribution in [3.8, 4) is 5.75 Å². The number of hydrogen-bond acceptors (Lipinski definition) is 4. The summed E-state index contributed by atoms with van der Waals surface area (Å²) < 4.78 is 5.48. The van der Waals surface area contributed by atoms with Crippen molar-refractivity contribution in [2.24, 2.45) is 4.99 Å². The summed E-state index contributed by atoms with van der Waals surface area (Å²) in [5, 5.41) is 5.30. The maximum Gasteiger partial charge on any atom is 0.242 e. The van der Waals surface area contributed by atoms with E-state index in [0.29, 0.717) is 25.7 Å². The minimum absolute atomic E-state index is 0.104. The number of carbonyl (C=O) groups excluding carboxylic acids is 1. The molecule has 6 nitrogen and oxygen atoms in total. The van der Waals surface area contributed by atoms with Crippen LogP contribution in [-0.4, -0.2) is 55.5 Å². The summed E-state index contributed by atoms with van der Waals surface area (Å²) in [5.41, 5.74) is 2.43. The fraction of sp³-hybridized carbons (Fsp3) is 0.429. The molecule has 0 aliphatic carbocycles. The minimum atomic E-state index is 0.104. The largest absolute Gasteiger partial charge is 0.494 e. The van der Waals surface area contributed by atoms with Gasteiger partial charge in [0.05, 0.1) is 13.2 Å². The molecule has 1 amide bonds. The van der Waals surface area contributed by atoms with Crippen LogP contribution in [0, 0.1) is 0 Å². The summed E-state index contributed by atoms with van der Waals surface area (Å²) in [6.45, 7) is 5.08. The molecule has 1 aliphatic heterocycles. The van der Waals surface area contributed by atoms with Crippen molar-refractivity contribution >= 4 is 23.2 Å². The number of rotatable bonds is 6. The Morgan fingerprint density at radius 1 is 1.32 bits per heavy atom. The zero-order chi connectivity index (χ0) is 19.9. The lowest BCUT2D eigenvalue weighted by Crippen LogP contribution is -2.46. The van der Waals surface area contributed by atoms with E-state index in [9.17, 15) is 4.79 Å². The van der Waals surface area contributed by atoms with Gasteiger partial charge in [-0.15, -0.1) is 11.3 Å². The standard InChI is InChI=1S/C21H28N4O2S/c1-4-27-18-7-5-16(6-8-18)14-24(3)21(22-2)23-13-20(26)25-11-9-19-17(15-25)10-12-28-19/h5-8,10,12H,4,9,11,13-15H2,1-3H3,(H,22,23). The Kier molecular flexibility index (Phi) is 6.92. The van der Waals surface area contributed by atoms with E-state index < -0.39 is 0 Å². The van der Waals surface area contributed by atoms with Crippen molar-refractivity contribution in [2.45, 2.75) is 26.4 Å². The van der Waals surface area contributed by atoms with Gasteiger partial charge < -0.3 is 19.9 Å². The van der Waals surface area contributed by atoms with E-state index in [1.165, 1.54) is 10.4 Å². The first kappa shape index (κ1) is 20.2. The lowest BCUT2D eigenvalue weighted by molar-refractivity contribution is -0.130. The second kappa shape index (κ2) is 9.59. The number of hydrogen-bond donors (Lipinski definition) is 1. The average Bonchev–Trinajstić information content (AvgIpc) is 3.18. The Balaban J connectivity index is 1.50. The predicted octanol–water partition coefficient (Wildman–Crippen LogP) is 2.74. The predicted molar refractivity (Wildman–Crippen MR) is 114 cm³/mol. The van der Waals surface area contributed by atoms with Crippen molar-refractivity contribution in [3.63, 3.8) is 0 Å². The first-order valence-corrected chi connectivity index (χ1v) is 10.4. The fourth-order valence-corrected chi connectivity index (χ4v) is 4.21. The zero-order valence-electron chi connectivity index (χ0n) is 16.8. The zero-order valence-corrected chi connectivity index (χ0v) is 17.6. The maximum atomic E-state index is 12.6. The third-order valence-corrected chi connectivity index (χ3v) is 5.81. The van der Waals surface area contributed by atoms with E-state index in [2.05, 4.69) is 21.8 Å². The maximum absolute atomic E-state index is 12.6. The molecular weight excluding hydrogens is 372 g/mol. The molecule has 1 N–H and O–H groups in total. The molecule has 0 radical (unpaired) electrons. The molecule has 0 spiro atoms. The molecule has 2 aromatic rings. The molecule has 0 saturated heterocycles. The van der Waals surface area contributed by atoms with Crippen molar-refractivity contribution in [2.75, 3.05) is 33.8 Å². The number of fused-ring (bicyclic) bond motifs is 1. The van der Waals surface area contributed by atoms with Crippen LogP contribution in [0.2, 0.25) is 0 Å². The van der Waals surface area contributed by atoms with Gasteiger partial charge in [-0.1, -0.05) is 12.1 Å². The summed E-state index contributed by atoms with van der Waals surface area (Å²) >= 11 is 1.78. The summed E-state index contributed by atoms with van der Waals surface area (Å²) in [6.07, 6.45) is 0.950. The van der Waals surface area contributed by atoms with Gasteiger partial charge in [0.25, 0.3) is 0 Å². The molecule has 28 heavy (non-hydrogen) atoms. The van der Waals surface area contributed by atoms with E-state index in [1.807, 2.05) is 48.0 Å². The number of thiophene rings is 1. The number of carbonyl (C=O) groups is 1. The van der Waals surface area contributed by atoms with Crippen molar-refractivity contribution in [3.05, 3.63) is 51.7 Å². The van der Waals surface area contributed by atoms with E-state index in [-0.39, 0.29) is 12.5 Å². The minimum Gasteiger partial charge on any atom is -0.494 e. The number of ether oxygens (including phenoxy) is 1. The molecule has 1 aromatic heterocycles. The van der Waals surface area contributed by atoms with Crippen molar-refractivity contribution in [1.82, 2.24) is 15.1 Å². The summed E-state index contributed by atoms with van der Waals surface area (Å²) in [5.74, 6) is 1.68. The fourth-order valence-electron chi connectivity index (χ4n) is 3.32. The van der Waals surface area contributed by atoms with Crippen LogP contribution in [-0.2, 0) is 24.3 Å². The second-order valence-corrected chi connectivity index (χ2v) is 7.77. The van der Waals surface area contributed by atoms with Gasteiger partial charge in [0.1, 0.15) is 5.75 Å². The van der Waals surface area contributed by atoms with Crippen LogP contribution in [0.25, 0.3) is 0 Å². The quantitative estimate of drug-likeness (QED) is 0.598. The lowest BCUT2D eigenvalue weighted by atomic mass is 10.1. The third-order valence-electron chi connectivity index (χ3n) is 4.79. The number of guanidine groups is 1. The monoisotopic (exact) mass is 400 g/mol. The second-order valence-electron chi connectivity index (χ2n) is 6.77. The van der Waals surface area contributed by atoms with Crippen LogP contribution < -0.4 is 10.1 Å². The van der Waals surface area contributed by atoms with Gasteiger partial charge in [0.2, 0.25) is 5.91 Å². The number of benzene rings is 1. The topological polar surface area (TPSA) is 57.2 Å². The summed E-state index contributed by atoms with van der Waals surface area (Å²) in [7, 11) is 3.70. The molecule has 0 bridgehead atoms. The highest BCUT2D eigenvalue weighted by Crippen LogP contribution is 2.23. The summed E-state index contributed by atoms with van der Waals surface area (Å²) in [4.78, 5) is 22.3. The molecule has 7 heteroatoms. The Morgan fingerprint density at radius 2 is 2.11 bits per heavy atom. The number of aliphatic imine (C=N–C) groups is 1. The highest BCUT2D eigenvalue weighted by molar-refractivity contribution is 7.10. The van der Waals surface area contributed by atoms with Crippen LogP contribution in [0.5, 0.6) is 5.75 Å². The highest BCUT2D eigenvalue weighted by Gasteiger charge is 2.21. The molecule has 150 valence electrons. The van der Waals surface area contributed by atoms with Crippen LogP contribution in [0.1, 0.15) is 22.9 Å². The van der Waals surface area contributed by atoms with Crippen molar-refractivity contribution in [1.29, 1.82) is 0 Å². The van der Waals surface area contributed by atoms with Gasteiger partial charge in [-0.3, -0.25) is 9.79 Å². The third kappa shape index (κ3) is 5.04. The van der Waals surface area contributed by atoms with Gasteiger partial charge in [-0.05, 0) is 48.1 Å². The molecule has 2 heterocycles. The summed E-state index contributed by atoms with van der Waals surface area (Å²) in [6, 6.07) is 10.2. The highest BCUT2D eigenvalue weighted by atomic mass is 32.1. The molecule has 0 atom stereocenters. The normalized spacial score (nSPS) is 13.8. The van der Waals surface area contributed by atoms with Crippen LogP contribution >= 0.6 is 11.3 Å². The molecule has 1 aromatic carbocycles. The number of amides is 1. The van der Waals surface area contributed by atoms with Gasteiger partial charge in [0.15, 0.2) is 5.96 Å². The molecule has 0 saturated carbocycles. The average molecular weight is 401 g/mol. The van der Waals surface area contributed by atoms with Crippen LogP contribution in [0.4, 0.5) is 0 Å². The molecule has 0 fully saturated rings. The molecular formula is C21H28N4O2S. The molecule has 1 aliphatic rings. The van der Waals surface area contributed by atoms with Crippen molar-refractivity contribution < 1.29 is 9.53 Å².